The molecule has 1 aliphatic heterocycles. The molecule has 118 valence electrons. The largest absolute Gasteiger partial charge is 0.378 e. The molecule has 1 aromatic rings. The van der Waals surface area contributed by atoms with Crippen molar-refractivity contribution in [3.05, 3.63) is 34.1 Å². The molecule has 2 atom stereocenters. The molecule has 1 aliphatic rings. The van der Waals surface area contributed by atoms with Crippen LogP contribution in [-0.2, 0) is 11.2 Å². The summed E-state index contributed by atoms with van der Waals surface area (Å²) in [7, 11) is 0. The Bertz CT molecular complexity index is 500. The lowest BCUT2D eigenvalue weighted by atomic mass is 9.75. The van der Waals surface area contributed by atoms with Gasteiger partial charge in [-0.25, -0.2) is 4.39 Å². The highest BCUT2D eigenvalue weighted by molar-refractivity contribution is 9.10. The van der Waals surface area contributed by atoms with Crippen LogP contribution in [0.4, 0.5) is 4.39 Å². The summed E-state index contributed by atoms with van der Waals surface area (Å²) in [4.78, 5) is 0. The second kappa shape index (κ2) is 6.35. The van der Waals surface area contributed by atoms with Crippen LogP contribution in [0.1, 0.15) is 39.7 Å². The molecule has 4 heteroatoms. The van der Waals surface area contributed by atoms with Crippen LogP contribution in [0.15, 0.2) is 22.7 Å². The van der Waals surface area contributed by atoms with Gasteiger partial charge in [0.15, 0.2) is 0 Å². The van der Waals surface area contributed by atoms with Gasteiger partial charge in [0.1, 0.15) is 5.82 Å². The van der Waals surface area contributed by atoms with E-state index in [0.29, 0.717) is 4.47 Å². The number of benzene rings is 1. The van der Waals surface area contributed by atoms with Crippen LogP contribution >= 0.6 is 15.9 Å². The van der Waals surface area contributed by atoms with Crippen molar-refractivity contribution < 1.29 is 9.13 Å². The van der Waals surface area contributed by atoms with Gasteiger partial charge >= 0.3 is 0 Å². The zero-order chi connectivity index (χ0) is 15.7. The minimum Gasteiger partial charge on any atom is -0.378 e. The number of nitrogens with one attached hydrogen (secondary N) is 1. The summed E-state index contributed by atoms with van der Waals surface area (Å²) in [6.07, 6.45) is 1.98. The van der Waals surface area contributed by atoms with Crippen LogP contribution in [0, 0.1) is 11.2 Å². The van der Waals surface area contributed by atoms with Gasteiger partial charge < -0.3 is 10.1 Å². The molecule has 2 rings (SSSR count). The molecule has 21 heavy (non-hydrogen) atoms. The fraction of sp³-hybridized carbons (Fsp3) is 0.647. The Labute approximate surface area is 135 Å². The molecule has 2 nitrogen and oxygen atoms in total. The summed E-state index contributed by atoms with van der Waals surface area (Å²) in [5.41, 5.74) is 1.10. The molecule has 0 aliphatic carbocycles. The molecule has 0 radical (unpaired) electrons. The van der Waals surface area contributed by atoms with Gasteiger partial charge in [0.25, 0.3) is 0 Å². The van der Waals surface area contributed by atoms with Crippen molar-refractivity contribution in [1.29, 1.82) is 0 Å². The Balaban J connectivity index is 2.23. The number of rotatable bonds is 4. The third-order valence-corrected chi connectivity index (χ3v) is 5.26. The quantitative estimate of drug-likeness (QED) is 0.866. The Morgan fingerprint density at radius 3 is 2.71 bits per heavy atom. The van der Waals surface area contributed by atoms with E-state index >= 15 is 0 Å². The van der Waals surface area contributed by atoms with E-state index in [2.05, 4.69) is 48.9 Å². The van der Waals surface area contributed by atoms with Crippen LogP contribution in [0.3, 0.4) is 0 Å². The van der Waals surface area contributed by atoms with Crippen LogP contribution in [0.25, 0.3) is 0 Å². The number of hydrogen-bond donors (Lipinski definition) is 1. The van der Waals surface area contributed by atoms with Crippen molar-refractivity contribution in [1.82, 2.24) is 5.32 Å². The van der Waals surface area contributed by atoms with E-state index in [1.807, 2.05) is 6.07 Å². The molecule has 1 heterocycles. The fourth-order valence-electron chi connectivity index (χ4n) is 2.85. The van der Waals surface area contributed by atoms with Crippen molar-refractivity contribution in [2.24, 2.45) is 5.41 Å². The highest BCUT2D eigenvalue weighted by Gasteiger charge is 2.42. The molecule has 0 saturated carbocycles. The van der Waals surface area contributed by atoms with Crippen molar-refractivity contribution in [3.63, 3.8) is 0 Å². The molecule has 0 bridgehead atoms. The average Bonchev–Trinajstić information content (AvgIpc) is 2.74. The first-order valence-corrected chi connectivity index (χ1v) is 8.32. The minimum absolute atomic E-state index is 0.0175. The summed E-state index contributed by atoms with van der Waals surface area (Å²) in [6.45, 7) is 10.3. The average molecular weight is 358 g/mol. The second-order valence-electron chi connectivity index (χ2n) is 7.12. The molecule has 2 unspecified atom stereocenters. The van der Waals surface area contributed by atoms with E-state index < -0.39 is 0 Å². The van der Waals surface area contributed by atoms with Gasteiger partial charge in [0.05, 0.1) is 10.6 Å². The van der Waals surface area contributed by atoms with Crippen LogP contribution in [0.2, 0.25) is 0 Å². The first-order valence-electron chi connectivity index (χ1n) is 7.53. The van der Waals surface area contributed by atoms with Gasteiger partial charge in [0, 0.05) is 24.1 Å². The third kappa shape index (κ3) is 4.05. The summed E-state index contributed by atoms with van der Waals surface area (Å²) < 4.78 is 20.2. The van der Waals surface area contributed by atoms with Crippen molar-refractivity contribution in [2.75, 3.05) is 13.2 Å². The highest BCUT2D eigenvalue weighted by Crippen LogP contribution is 2.40. The van der Waals surface area contributed by atoms with Crippen LogP contribution in [0.5, 0.6) is 0 Å². The first kappa shape index (κ1) is 16.9. The Kier molecular flexibility index (Phi) is 5.11. The molecule has 0 aromatic heterocycles. The van der Waals surface area contributed by atoms with E-state index in [1.54, 1.807) is 6.07 Å². The monoisotopic (exact) mass is 357 g/mol. The lowest BCUT2D eigenvalue weighted by molar-refractivity contribution is 0.0596. The predicted octanol–water partition coefficient (Wildman–Crippen LogP) is 4.31. The first-order chi connectivity index (χ1) is 9.73. The topological polar surface area (TPSA) is 21.3 Å². The number of halogens is 2. The zero-order valence-electron chi connectivity index (χ0n) is 13.3. The standard InChI is InChI=1S/C17H25BrFNO/c1-12-17(8-9-21-12,11-20-16(2,3)4)10-13-6-5-7-14(19)15(13)18/h5-7,12,20H,8-11H2,1-4H3. The van der Waals surface area contributed by atoms with Crippen molar-refractivity contribution in [2.45, 2.75) is 52.2 Å². The van der Waals surface area contributed by atoms with Crippen LogP contribution < -0.4 is 5.32 Å². The van der Waals surface area contributed by atoms with Crippen molar-refractivity contribution >= 4 is 15.9 Å². The van der Waals surface area contributed by atoms with E-state index in [9.17, 15) is 4.39 Å². The smallest absolute Gasteiger partial charge is 0.137 e. The molecule has 1 saturated heterocycles. The van der Waals surface area contributed by atoms with Gasteiger partial charge in [-0.3, -0.25) is 0 Å². The molecular weight excluding hydrogens is 333 g/mol. The minimum atomic E-state index is -0.196. The van der Waals surface area contributed by atoms with Gasteiger partial charge in [-0.1, -0.05) is 12.1 Å². The normalized spacial score (nSPS) is 26.3. The van der Waals surface area contributed by atoms with Crippen LogP contribution in [-0.4, -0.2) is 24.8 Å². The predicted molar refractivity (Wildman–Crippen MR) is 88.0 cm³/mol. The summed E-state index contributed by atoms with van der Waals surface area (Å²) in [5.74, 6) is -0.196. The van der Waals surface area contributed by atoms with Crippen molar-refractivity contribution in [3.8, 4) is 0 Å². The molecule has 1 fully saturated rings. The second-order valence-corrected chi connectivity index (χ2v) is 7.91. The SMILES string of the molecule is CC1OCCC1(CNC(C)(C)C)Cc1cccc(F)c1Br. The molecule has 0 spiro atoms. The van der Waals surface area contributed by atoms with Gasteiger partial charge in [-0.2, -0.15) is 0 Å². The van der Waals surface area contributed by atoms with E-state index in [-0.39, 0.29) is 22.9 Å². The van der Waals surface area contributed by atoms with Gasteiger partial charge in [0.2, 0.25) is 0 Å². The summed E-state index contributed by atoms with van der Waals surface area (Å²) in [6, 6.07) is 5.26. The number of ether oxygens (including phenoxy) is 1. The van der Waals surface area contributed by atoms with E-state index in [0.717, 1.165) is 31.6 Å². The number of hydrogen-bond acceptors (Lipinski definition) is 2. The maximum atomic E-state index is 13.8. The molecule has 1 aromatic carbocycles. The third-order valence-electron chi connectivity index (χ3n) is 4.38. The highest BCUT2D eigenvalue weighted by atomic mass is 79.9. The maximum absolute atomic E-state index is 13.8. The van der Waals surface area contributed by atoms with Gasteiger partial charge in [-0.05, 0) is 68.1 Å². The zero-order valence-corrected chi connectivity index (χ0v) is 14.9. The molecular formula is C17H25BrFNO. The lowest BCUT2D eigenvalue weighted by Gasteiger charge is -2.36. The summed E-state index contributed by atoms with van der Waals surface area (Å²) >= 11 is 3.39. The maximum Gasteiger partial charge on any atom is 0.137 e. The molecule has 1 N–H and O–H groups in total. The Hall–Kier alpha value is -0.450. The fourth-order valence-corrected chi connectivity index (χ4v) is 3.26. The Morgan fingerprint density at radius 1 is 1.43 bits per heavy atom. The Morgan fingerprint density at radius 2 is 2.14 bits per heavy atom. The van der Waals surface area contributed by atoms with Gasteiger partial charge in [-0.15, -0.1) is 0 Å². The van der Waals surface area contributed by atoms with E-state index in [1.165, 1.54) is 6.07 Å². The molecule has 0 amide bonds. The lowest BCUT2D eigenvalue weighted by Crippen LogP contribution is -2.47. The summed E-state index contributed by atoms with van der Waals surface area (Å²) in [5, 5.41) is 3.60. The van der Waals surface area contributed by atoms with E-state index in [4.69, 9.17) is 4.74 Å².